The molecule has 1 saturated heterocycles. The Morgan fingerprint density at radius 1 is 0.938 bits per heavy atom. The van der Waals surface area contributed by atoms with Crippen LogP contribution in [0.3, 0.4) is 0 Å². The highest BCUT2D eigenvalue weighted by Gasteiger charge is 2.41. The number of aryl methyl sites for hydroxylation is 1. The van der Waals surface area contributed by atoms with Gasteiger partial charge in [0.1, 0.15) is 11.9 Å². The summed E-state index contributed by atoms with van der Waals surface area (Å²) < 4.78 is 97.1. The first-order chi connectivity index (χ1) is 22.4. The molecule has 0 bridgehead atoms. The molecule has 48 heavy (non-hydrogen) atoms. The van der Waals surface area contributed by atoms with Gasteiger partial charge in [-0.1, -0.05) is 26.0 Å². The summed E-state index contributed by atoms with van der Waals surface area (Å²) in [6.07, 6.45) is -10.2. The quantitative estimate of drug-likeness (QED) is 0.184. The van der Waals surface area contributed by atoms with Gasteiger partial charge >= 0.3 is 24.4 Å². The molecule has 1 atom stereocenters. The number of carbonyl (C=O) groups is 2. The van der Waals surface area contributed by atoms with E-state index in [9.17, 15) is 35.9 Å². The first-order valence-electron chi connectivity index (χ1n) is 15.2. The second kappa shape index (κ2) is 12.9. The fourth-order valence-electron chi connectivity index (χ4n) is 6.44. The molecule has 1 amide bonds. The lowest BCUT2D eigenvalue weighted by molar-refractivity contribution is -0.143. The topological polar surface area (TPSA) is 65.1 Å². The number of carbonyl (C=O) groups excluding carboxylic acids is 2. The van der Waals surface area contributed by atoms with Crippen LogP contribution >= 0.6 is 0 Å². The molecule has 0 radical (unpaired) electrons. The number of benzene rings is 3. The van der Waals surface area contributed by atoms with Crippen LogP contribution in [0.2, 0.25) is 0 Å². The Bertz CT molecular complexity index is 1740. The van der Waals surface area contributed by atoms with E-state index in [4.69, 9.17) is 14.2 Å². The number of allylic oxidation sites excluding steroid dienone is 1. The van der Waals surface area contributed by atoms with Gasteiger partial charge in [-0.05, 0) is 107 Å². The smallest absolute Gasteiger partial charge is 0.416 e. The number of methoxy groups -OCH3 is 2. The number of cyclic esters (lactones) is 1. The van der Waals surface area contributed by atoms with Crippen molar-refractivity contribution in [3.05, 3.63) is 93.6 Å². The van der Waals surface area contributed by atoms with Crippen molar-refractivity contribution in [1.82, 2.24) is 4.90 Å². The number of rotatable bonds is 7. The third kappa shape index (κ3) is 7.32. The van der Waals surface area contributed by atoms with Gasteiger partial charge in [0.05, 0.1) is 37.5 Å². The summed E-state index contributed by atoms with van der Waals surface area (Å²) in [5.74, 6) is 0.150. The zero-order chi connectivity index (χ0) is 35.2. The predicted octanol–water partition coefficient (Wildman–Crippen LogP) is 9.65. The minimum Gasteiger partial charge on any atom is -0.496 e. The van der Waals surface area contributed by atoms with E-state index in [1.807, 2.05) is 31.2 Å². The molecule has 1 heterocycles. The SMILES string of the molecule is COC(=O)c1ccc(-c2ccc(OC)c(C3=C(CN4C[C@H](c5cc(C(F)(F)F)cc(C(F)(F)F)c5)OC4=O)CC(C)(C)CC3)c2)c(C)c1. The molecule has 0 saturated carbocycles. The van der Waals surface area contributed by atoms with Gasteiger partial charge in [0, 0.05) is 12.1 Å². The zero-order valence-electron chi connectivity index (χ0n) is 27.1. The van der Waals surface area contributed by atoms with E-state index in [1.54, 1.807) is 19.2 Å². The molecule has 2 aliphatic rings. The maximum Gasteiger partial charge on any atom is 0.416 e. The van der Waals surface area contributed by atoms with Gasteiger partial charge in [0.2, 0.25) is 0 Å². The summed E-state index contributed by atoms with van der Waals surface area (Å²) in [5.41, 5.74) is 2.18. The lowest BCUT2D eigenvalue weighted by Gasteiger charge is -2.35. The number of alkyl halides is 6. The van der Waals surface area contributed by atoms with Gasteiger partial charge < -0.3 is 19.1 Å². The first-order valence-corrected chi connectivity index (χ1v) is 15.2. The highest BCUT2D eigenvalue weighted by molar-refractivity contribution is 5.91. The van der Waals surface area contributed by atoms with Crippen LogP contribution in [0.1, 0.15) is 77.4 Å². The molecule has 3 aromatic carbocycles. The molecule has 12 heteroatoms. The van der Waals surface area contributed by atoms with Crippen LogP contribution in [-0.2, 0) is 21.8 Å². The molecule has 0 N–H and O–H groups in total. The van der Waals surface area contributed by atoms with Crippen molar-refractivity contribution in [1.29, 1.82) is 0 Å². The van der Waals surface area contributed by atoms with Gasteiger partial charge in [-0.25, -0.2) is 9.59 Å². The molecule has 5 rings (SSSR count). The maximum absolute atomic E-state index is 13.5. The number of halogens is 6. The summed E-state index contributed by atoms with van der Waals surface area (Å²) in [7, 11) is 2.86. The summed E-state index contributed by atoms with van der Waals surface area (Å²) in [6.45, 7) is 5.92. The number of hydrogen-bond donors (Lipinski definition) is 0. The Kier molecular flexibility index (Phi) is 9.33. The van der Waals surface area contributed by atoms with Crippen molar-refractivity contribution in [2.45, 2.75) is 58.5 Å². The molecule has 256 valence electrons. The highest BCUT2D eigenvalue weighted by Crippen LogP contribution is 2.46. The lowest BCUT2D eigenvalue weighted by Crippen LogP contribution is -2.30. The number of hydrogen-bond acceptors (Lipinski definition) is 5. The summed E-state index contributed by atoms with van der Waals surface area (Å²) in [6, 6.07) is 12.2. The Labute approximate surface area is 274 Å². The van der Waals surface area contributed by atoms with E-state index in [1.165, 1.54) is 12.0 Å². The van der Waals surface area contributed by atoms with E-state index in [0.29, 0.717) is 36.3 Å². The third-order valence-electron chi connectivity index (χ3n) is 8.90. The van der Waals surface area contributed by atoms with Crippen LogP contribution < -0.4 is 4.74 Å². The Morgan fingerprint density at radius 3 is 2.19 bits per heavy atom. The van der Waals surface area contributed by atoms with E-state index in [0.717, 1.165) is 39.8 Å². The molecule has 3 aromatic rings. The van der Waals surface area contributed by atoms with Crippen LogP contribution in [0.5, 0.6) is 5.75 Å². The van der Waals surface area contributed by atoms with Crippen LogP contribution in [0, 0.1) is 12.3 Å². The van der Waals surface area contributed by atoms with Gasteiger partial charge in [0.25, 0.3) is 0 Å². The largest absolute Gasteiger partial charge is 0.496 e. The molecular formula is C36H35F6NO5. The van der Waals surface area contributed by atoms with Crippen molar-refractivity contribution >= 4 is 17.6 Å². The summed E-state index contributed by atoms with van der Waals surface area (Å²) in [5, 5.41) is 0. The zero-order valence-corrected chi connectivity index (χ0v) is 27.1. The Hall–Kier alpha value is -4.48. The van der Waals surface area contributed by atoms with Crippen molar-refractivity contribution in [2.24, 2.45) is 5.41 Å². The fourth-order valence-corrected chi connectivity index (χ4v) is 6.44. The standard InChI is InChI=1S/C36H35F6NO5/c1-20-12-22(32(44)47-5)6-8-27(20)21-7-9-30(46-4)29(15-21)28-10-11-34(2,3)17-24(28)18-43-19-31(48-33(43)45)23-13-25(35(37,38)39)16-26(14-23)36(40,41)42/h6-9,12-16,31H,10-11,17-19H2,1-5H3/t31-/m1/s1. The van der Waals surface area contributed by atoms with Gasteiger partial charge in [-0.15, -0.1) is 0 Å². The average Bonchev–Trinajstić information content (AvgIpc) is 3.38. The molecular weight excluding hydrogens is 640 g/mol. The minimum absolute atomic E-state index is 0.0513. The Balaban J connectivity index is 1.51. The Morgan fingerprint density at radius 2 is 1.60 bits per heavy atom. The molecule has 0 aromatic heterocycles. The predicted molar refractivity (Wildman–Crippen MR) is 166 cm³/mol. The van der Waals surface area contributed by atoms with Crippen LogP contribution in [0.15, 0.2) is 60.2 Å². The lowest BCUT2D eigenvalue weighted by atomic mass is 9.72. The average molecular weight is 676 g/mol. The van der Waals surface area contributed by atoms with E-state index in [-0.39, 0.29) is 30.1 Å². The van der Waals surface area contributed by atoms with Gasteiger partial charge in [-0.3, -0.25) is 0 Å². The van der Waals surface area contributed by atoms with E-state index >= 15 is 0 Å². The molecule has 6 nitrogen and oxygen atoms in total. The van der Waals surface area contributed by atoms with Crippen LogP contribution in [0.25, 0.3) is 16.7 Å². The van der Waals surface area contributed by atoms with Crippen molar-refractivity contribution in [2.75, 3.05) is 27.3 Å². The normalized spacial score (nSPS) is 18.2. The molecule has 0 unspecified atom stereocenters. The van der Waals surface area contributed by atoms with Crippen LogP contribution in [-0.4, -0.2) is 44.3 Å². The minimum atomic E-state index is -5.03. The molecule has 1 aliphatic carbocycles. The first kappa shape index (κ1) is 34.8. The monoisotopic (exact) mass is 675 g/mol. The van der Waals surface area contributed by atoms with Crippen molar-refractivity contribution < 1.29 is 50.1 Å². The maximum atomic E-state index is 13.5. The van der Waals surface area contributed by atoms with E-state index < -0.39 is 41.6 Å². The highest BCUT2D eigenvalue weighted by atomic mass is 19.4. The van der Waals surface area contributed by atoms with E-state index in [2.05, 4.69) is 13.8 Å². The fraction of sp³-hybridized carbons (Fsp3) is 0.389. The molecule has 0 spiro atoms. The number of esters is 1. The summed E-state index contributed by atoms with van der Waals surface area (Å²) >= 11 is 0. The van der Waals surface area contributed by atoms with Gasteiger partial charge in [0.15, 0.2) is 0 Å². The van der Waals surface area contributed by atoms with Crippen molar-refractivity contribution in [3.63, 3.8) is 0 Å². The third-order valence-corrected chi connectivity index (χ3v) is 8.90. The number of nitrogens with zero attached hydrogens (tertiary/aromatic N) is 1. The number of ether oxygens (including phenoxy) is 3. The second-order valence-electron chi connectivity index (χ2n) is 13.0. The summed E-state index contributed by atoms with van der Waals surface area (Å²) in [4.78, 5) is 26.4. The van der Waals surface area contributed by atoms with Crippen molar-refractivity contribution in [3.8, 4) is 16.9 Å². The van der Waals surface area contributed by atoms with Crippen LogP contribution in [0.4, 0.5) is 31.1 Å². The molecule has 1 aliphatic heterocycles. The van der Waals surface area contributed by atoms with Gasteiger partial charge in [-0.2, -0.15) is 26.3 Å². The molecule has 1 fully saturated rings. The second-order valence-corrected chi connectivity index (χ2v) is 13.0. The number of amides is 1.